The van der Waals surface area contributed by atoms with Crippen LogP contribution in [0.3, 0.4) is 0 Å². The van der Waals surface area contributed by atoms with Crippen molar-refractivity contribution in [3.8, 4) is 0 Å². The second-order valence-corrected chi connectivity index (χ2v) is 8.60. The van der Waals surface area contributed by atoms with E-state index in [4.69, 9.17) is 17.3 Å². The van der Waals surface area contributed by atoms with E-state index in [1.807, 2.05) is 13.8 Å². The van der Waals surface area contributed by atoms with Crippen molar-refractivity contribution in [3.05, 3.63) is 27.7 Å². The summed E-state index contributed by atoms with van der Waals surface area (Å²) in [6.07, 6.45) is 0. The molecule has 0 radical (unpaired) electrons. The second kappa shape index (κ2) is 6.75. The molecule has 4 nitrogen and oxygen atoms in total. The molecule has 20 heavy (non-hydrogen) atoms. The number of nitrogens with zero attached hydrogens (tertiary/aromatic N) is 1. The van der Waals surface area contributed by atoms with Gasteiger partial charge in [-0.1, -0.05) is 48.3 Å². The number of hydrogen-bond donors (Lipinski definition) is 1. The zero-order valence-corrected chi connectivity index (χ0v) is 15.0. The summed E-state index contributed by atoms with van der Waals surface area (Å²) in [7, 11) is -3.62. The first kappa shape index (κ1) is 17.9. The number of sulfonamides is 1. The van der Waals surface area contributed by atoms with E-state index in [2.05, 4.69) is 15.9 Å². The van der Waals surface area contributed by atoms with Crippen LogP contribution in [0.2, 0.25) is 5.02 Å². The number of benzene rings is 1. The average Bonchev–Trinajstić information content (AvgIpc) is 2.35. The van der Waals surface area contributed by atoms with Gasteiger partial charge in [0.05, 0.1) is 5.02 Å². The minimum atomic E-state index is -3.62. The largest absolute Gasteiger partial charge is 0.330 e. The third kappa shape index (κ3) is 4.18. The Morgan fingerprint density at radius 2 is 2.00 bits per heavy atom. The predicted octanol–water partition coefficient (Wildman–Crippen LogP) is 3.10. The monoisotopic (exact) mass is 382 g/mol. The normalized spacial score (nSPS) is 12.9. The molecule has 0 fully saturated rings. The van der Waals surface area contributed by atoms with E-state index < -0.39 is 10.0 Å². The molecule has 1 aromatic carbocycles. The Kier molecular flexibility index (Phi) is 6.04. The molecule has 0 saturated heterocycles. The van der Waals surface area contributed by atoms with Crippen molar-refractivity contribution in [3.63, 3.8) is 0 Å². The molecule has 0 bridgehead atoms. The maximum atomic E-state index is 12.7. The number of nitrogens with two attached hydrogens (primary N) is 1. The molecular weight excluding hydrogens is 364 g/mol. The molecule has 1 rings (SSSR count). The van der Waals surface area contributed by atoms with Crippen molar-refractivity contribution in [2.75, 3.05) is 19.6 Å². The lowest BCUT2D eigenvalue weighted by Gasteiger charge is -2.30. The van der Waals surface area contributed by atoms with Crippen molar-refractivity contribution >= 4 is 37.6 Å². The van der Waals surface area contributed by atoms with Crippen molar-refractivity contribution < 1.29 is 8.42 Å². The van der Waals surface area contributed by atoms with Gasteiger partial charge in [-0.05, 0) is 30.2 Å². The van der Waals surface area contributed by atoms with E-state index in [1.165, 1.54) is 10.4 Å². The molecule has 0 unspecified atom stereocenters. The van der Waals surface area contributed by atoms with Crippen LogP contribution in [0.25, 0.3) is 0 Å². The predicted molar refractivity (Wildman–Crippen MR) is 86.4 cm³/mol. The van der Waals surface area contributed by atoms with Crippen LogP contribution in [0.4, 0.5) is 0 Å². The van der Waals surface area contributed by atoms with E-state index in [9.17, 15) is 8.42 Å². The summed E-state index contributed by atoms with van der Waals surface area (Å²) in [4.78, 5) is 0.122. The summed E-state index contributed by atoms with van der Waals surface area (Å²) < 4.78 is 27.5. The Hall–Kier alpha value is -0.140. The first-order chi connectivity index (χ1) is 9.14. The third-order valence-corrected chi connectivity index (χ3v) is 5.92. The van der Waals surface area contributed by atoms with Crippen LogP contribution >= 0.6 is 27.5 Å². The highest BCUT2D eigenvalue weighted by Crippen LogP contribution is 2.29. The fraction of sp³-hybridized carbons (Fsp3) is 0.538. The van der Waals surface area contributed by atoms with E-state index in [0.29, 0.717) is 19.6 Å². The lowest BCUT2D eigenvalue weighted by atomic mass is 9.94. The fourth-order valence-corrected chi connectivity index (χ4v) is 4.38. The van der Waals surface area contributed by atoms with Gasteiger partial charge in [0.1, 0.15) is 4.90 Å². The molecule has 0 atom stereocenters. The number of halogens is 2. The summed E-state index contributed by atoms with van der Waals surface area (Å²) in [6.45, 7) is 6.82. The van der Waals surface area contributed by atoms with Crippen molar-refractivity contribution in [2.45, 2.75) is 25.7 Å². The van der Waals surface area contributed by atoms with Gasteiger partial charge in [0.25, 0.3) is 0 Å². The van der Waals surface area contributed by atoms with Crippen molar-refractivity contribution in [1.29, 1.82) is 0 Å². The Labute approximate surface area is 134 Å². The summed E-state index contributed by atoms with van der Waals surface area (Å²) in [6, 6.07) is 4.76. The van der Waals surface area contributed by atoms with Crippen molar-refractivity contribution in [1.82, 2.24) is 4.31 Å². The Bertz CT molecular complexity index is 576. The smallest absolute Gasteiger partial charge is 0.244 e. The molecule has 0 amide bonds. The maximum absolute atomic E-state index is 12.7. The molecule has 2 N–H and O–H groups in total. The SMILES string of the molecule is CCN(CC(C)(C)CN)S(=O)(=O)c1ccc(Br)cc1Cl. The summed E-state index contributed by atoms with van der Waals surface area (Å²) in [5, 5.41) is 0.211. The zero-order chi connectivity index (χ0) is 15.6. The third-order valence-electron chi connectivity index (χ3n) is 3.02. The van der Waals surface area contributed by atoms with E-state index >= 15 is 0 Å². The molecule has 0 saturated carbocycles. The molecule has 1 aromatic rings. The maximum Gasteiger partial charge on any atom is 0.244 e. The number of rotatable bonds is 6. The van der Waals surface area contributed by atoms with E-state index in [-0.39, 0.29) is 15.3 Å². The van der Waals surface area contributed by atoms with Gasteiger partial charge in [0, 0.05) is 17.6 Å². The minimum absolute atomic E-state index is 0.122. The van der Waals surface area contributed by atoms with Crippen molar-refractivity contribution in [2.24, 2.45) is 11.1 Å². The summed E-state index contributed by atoms with van der Waals surface area (Å²) >= 11 is 9.33. The Morgan fingerprint density at radius 3 is 2.45 bits per heavy atom. The van der Waals surface area contributed by atoms with Gasteiger partial charge in [-0.2, -0.15) is 4.31 Å². The van der Waals surface area contributed by atoms with Gasteiger partial charge in [-0.15, -0.1) is 0 Å². The van der Waals surface area contributed by atoms with Gasteiger partial charge in [0.2, 0.25) is 10.0 Å². The highest BCUT2D eigenvalue weighted by atomic mass is 79.9. The van der Waals surface area contributed by atoms with Crippen LogP contribution < -0.4 is 5.73 Å². The average molecular weight is 384 g/mol. The highest BCUT2D eigenvalue weighted by molar-refractivity contribution is 9.10. The first-order valence-corrected chi connectivity index (χ1v) is 8.90. The summed E-state index contributed by atoms with van der Waals surface area (Å²) in [5.74, 6) is 0. The molecule has 7 heteroatoms. The fourth-order valence-electron chi connectivity index (χ4n) is 1.73. The van der Waals surface area contributed by atoms with Gasteiger partial charge in [0.15, 0.2) is 0 Å². The number of hydrogen-bond acceptors (Lipinski definition) is 3. The summed E-state index contributed by atoms with van der Waals surface area (Å²) in [5.41, 5.74) is 5.40. The molecule has 0 aromatic heterocycles. The molecule has 114 valence electrons. The van der Waals surface area contributed by atoms with Crippen LogP contribution in [-0.2, 0) is 10.0 Å². The minimum Gasteiger partial charge on any atom is -0.330 e. The van der Waals surface area contributed by atoms with Crippen LogP contribution in [0.5, 0.6) is 0 Å². The topological polar surface area (TPSA) is 63.4 Å². The zero-order valence-electron chi connectivity index (χ0n) is 11.9. The lowest BCUT2D eigenvalue weighted by Crippen LogP contribution is -2.41. The van der Waals surface area contributed by atoms with Crippen LogP contribution in [0.1, 0.15) is 20.8 Å². The van der Waals surface area contributed by atoms with Gasteiger partial charge < -0.3 is 5.73 Å². The van der Waals surface area contributed by atoms with Crippen LogP contribution in [0.15, 0.2) is 27.6 Å². The first-order valence-electron chi connectivity index (χ1n) is 6.29. The van der Waals surface area contributed by atoms with Gasteiger partial charge in [-0.3, -0.25) is 0 Å². The molecular formula is C13H20BrClN2O2S. The highest BCUT2D eigenvalue weighted by Gasteiger charge is 2.30. The molecule has 0 aliphatic heterocycles. The quantitative estimate of drug-likeness (QED) is 0.821. The van der Waals surface area contributed by atoms with Gasteiger partial charge >= 0.3 is 0 Å². The van der Waals surface area contributed by atoms with E-state index in [1.54, 1.807) is 19.1 Å². The Balaban J connectivity index is 3.19. The van der Waals surface area contributed by atoms with Gasteiger partial charge in [-0.25, -0.2) is 8.42 Å². The van der Waals surface area contributed by atoms with Crippen LogP contribution in [-0.4, -0.2) is 32.4 Å². The van der Waals surface area contributed by atoms with E-state index in [0.717, 1.165) is 4.47 Å². The Morgan fingerprint density at radius 1 is 1.40 bits per heavy atom. The lowest BCUT2D eigenvalue weighted by molar-refractivity contribution is 0.273. The second-order valence-electron chi connectivity index (χ2n) is 5.37. The molecule has 0 aliphatic carbocycles. The molecule has 0 heterocycles. The standard InChI is InChI=1S/C13H20BrClN2O2S/c1-4-17(9-13(2,3)8-16)20(18,19)12-6-5-10(14)7-11(12)15/h5-7H,4,8-9,16H2,1-3H3. The molecule has 0 aliphatic rings. The molecule has 0 spiro atoms. The van der Waals surface area contributed by atoms with Crippen LogP contribution in [0, 0.1) is 5.41 Å².